The van der Waals surface area contributed by atoms with Gasteiger partial charge in [0, 0.05) is 23.2 Å². The highest BCUT2D eigenvalue weighted by atomic mass is 32.1. The lowest BCUT2D eigenvalue weighted by Crippen LogP contribution is -2.10. The number of hydrogen-bond acceptors (Lipinski definition) is 2. The van der Waals surface area contributed by atoms with E-state index in [1.54, 1.807) is 0 Å². The van der Waals surface area contributed by atoms with E-state index in [0.29, 0.717) is 4.99 Å². The average Bonchev–Trinajstić information content (AvgIpc) is 2.46. The fourth-order valence-corrected chi connectivity index (χ4v) is 2.62. The van der Waals surface area contributed by atoms with Crippen molar-refractivity contribution < 1.29 is 0 Å². The summed E-state index contributed by atoms with van der Waals surface area (Å²) >= 11 is 5.13. The van der Waals surface area contributed by atoms with Crippen LogP contribution < -0.4 is 11.1 Å². The number of rotatable bonds is 7. The number of hydrogen-bond donors (Lipinski definition) is 2. The summed E-state index contributed by atoms with van der Waals surface area (Å²) in [6, 6.07) is 12.4. The molecule has 0 bridgehead atoms. The quantitative estimate of drug-likeness (QED) is 0.582. The highest BCUT2D eigenvalue weighted by molar-refractivity contribution is 7.80. The Balaban J connectivity index is 2.18. The molecule has 0 unspecified atom stereocenters. The lowest BCUT2D eigenvalue weighted by Gasteiger charge is -2.12. The molecule has 0 aromatic heterocycles. The number of nitrogens with one attached hydrogen (secondary N) is 1. The number of thiocarbonyl (C=S) groups is 1. The predicted molar refractivity (Wildman–Crippen MR) is 92.5 cm³/mol. The van der Waals surface area contributed by atoms with E-state index >= 15 is 0 Å². The van der Waals surface area contributed by atoms with Gasteiger partial charge in [0.05, 0.1) is 0 Å². The predicted octanol–water partition coefficient (Wildman–Crippen LogP) is 4.47. The maximum absolute atomic E-state index is 5.80. The van der Waals surface area contributed by atoms with E-state index in [1.165, 1.54) is 31.1 Å². The molecule has 0 fully saturated rings. The molecule has 0 aliphatic rings. The maximum Gasteiger partial charge on any atom is 0.104 e. The van der Waals surface area contributed by atoms with Crippen LogP contribution in [-0.4, -0.2) is 11.5 Å². The van der Waals surface area contributed by atoms with Crippen molar-refractivity contribution in [2.75, 3.05) is 11.9 Å². The number of fused-ring (bicyclic) bond motifs is 1. The van der Waals surface area contributed by atoms with Gasteiger partial charge in [-0.1, -0.05) is 62.7 Å². The molecular weight excluding hydrogens is 264 g/mol. The molecule has 2 rings (SSSR count). The summed E-state index contributed by atoms with van der Waals surface area (Å²) in [5.74, 6) is 0. The molecule has 0 heterocycles. The van der Waals surface area contributed by atoms with Gasteiger partial charge < -0.3 is 11.1 Å². The van der Waals surface area contributed by atoms with Crippen LogP contribution in [-0.2, 0) is 0 Å². The zero-order valence-electron chi connectivity index (χ0n) is 12.0. The maximum atomic E-state index is 5.80. The fourth-order valence-electron chi connectivity index (χ4n) is 2.44. The molecule has 0 saturated carbocycles. The molecule has 2 aromatic rings. The third-order valence-corrected chi connectivity index (χ3v) is 3.76. The number of nitrogens with two attached hydrogens (primary N) is 1. The van der Waals surface area contributed by atoms with Gasteiger partial charge in [0.1, 0.15) is 4.99 Å². The first kappa shape index (κ1) is 14.8. The highest BCUT2D eigenvalue weighted by Gasteiger charge is 2.06. The molecule has 20 heavy (non-hydrogen) atoms. The largest absolute Gasteiger partial charge is 0.389 e. The number of benzene rings is 2. The van der Waals surface area contributed by atoms with E-state index in [1.807, 2.05) is 18.2 Å². The van der Waals surface area contributed by atoms with E-state index in [9.17, 15) is 0 Å². The van der Waals surface area contributed by atoms with E-state index in [2.05, 4.69) is 30.4 Å². The van der Waals surface area contributed by atoms with Crippen molar-refractivity contribution in [1.29, 1.82) is 0 Å². The van der Waals surface area contributed by atoms with E-state index in [0.717, 1.165) is 23.2 Å². The van der Waals surface area contributed by atoms with Crippen molar-refractivity contribution in [3.05, 3.63) is 42.0 Å². The first-order valence-corrected chi connectivity index (χ1v) is 7.70. The van der Waals surface area contributed by atoms with E-state index < -0.39 is 0 Å². The second-order valence-electron chi connectivity index (χ2n) is 5.06. The Morgan fingerprint density at radius 3 is 2.50 bits per heavy atom. The van der Waals surface area contributed by atoms with Crippen molar-refractivity contribution in [2.45, 2.75) is 32.6 Å². The normalized spacial score (nSPS) is 10.7. The molecule has 0 atom stereocenters. The average molecular weight is 286 g/mol. The molecule has 3 heteroatoms. The minimum atomic E-state index is 0.454. The molecule has 0 amide bonds. The summed E-state index contributed by atoms with van der Waals surface area (Å²) in [6.45, 7) is 3.24. The van der Waals surface area contributed by atoms with Crippen LogP contribution in [0.15, 0.2) is 36.4 Å². The lowest BCUT2D eigenvalue weighted by atomic mass is 10.0. The smallest absolute Gasteiger partial charge is 0.104 e. The summed E-state index contributed by atoms with van der Waals surface area (Å²) < 4.78 is 0. The third-order valence-electron chi connectivity index (χ3n) is 3.54. The highest BCUT2D eigenvalue weighted by Crippen LogP contribution is 2.26. The van der Waals surface area contributed by atoms with Crippen molar-refractivity contribution in [3.8, 4) is 0 Å². The van der Waals surface area contributed by atoms with E-state index in [4.69, 9.17) is 18.0 Å². The van der Waals surface area contributed by atoms with Crippen LogP contribution in [0.5, 0.6) is 0 Å². The van der Waals surface area contributed by atoms with Crippen LogP contribution in [0, 0.1) is 0 Å². The Kier molecular flexibility index (Phi) is 5.36. The first-order chi connectivity index (χ1) is 9.74. The molecule has 0 saturated heterocycles. The first-order valence-electron chi connectivity index (χ1n) is 7.29. The van der Waals surface area contributed by atoms with Crippen molar-refractivity contribution in [2.24, 2.45) is 5.73 Å². The van der Waals surface area contributed by atoms with Gasteiger partial charge in [-0.05, 0) is 23.9 Å². The number of anilines is 1. The second-order valence-corrected chi connectivity index (χ2v) is 5.50. The molecular formula is C17H22N2S. The third kappa shape index (κ3) is 3.48. The minimum absolute atomic E-state index is 0.454. The van der Waals surface area contributed by atoms with Gasteiger partial charge in [-0.25, -0.2) is 0 Å². The van der Waals surface area contributed by atoms with Gasteiger partial charge in [0.25, 0.3) is 0 Å². The Morgan fingerprint density at radius 2 is 1.80 bits per heavy atom. The Morgan fingerprint density at radius 1 is 1.05 bits per heavy atom. The van der Waals surface area contributed by atoms with Crippen LogP contribution >= 0.6 is 12.2 Å². The summed E-state index contributed by atoms with van der Waals surface area (Å²) in [6.07, 6.45) is 5.07. The molecule has 106 valence electrons. The van der Waals surface area contributed by atoms with Gasteiger partial charge in [0.2, 0.25) is 0 Å². The minimum Gasteiger partial charge on any atom is -0.389 e. The van der Waals surface area contributed by atoms with Gasteiger partial charge >= 0.3 is 0 Å². The Hall–Kier alpha value is -1.61. The molecule has 0 aliphatic carbocycles. The zero-order valence-corrected chi connectivity index (χ0v) is 12.8. The lowest BCUT2D eigenvalue weighted by molar-refractivity contribution is 0.685. The Bertz CT molecular complexity index is 593. The van der Waals surface area contributed by atoms with Crippen LogP contribution in [0.2, 0.25) is 0 Å². The molecule has 2 nitrogen and oxygen atoms in total. The zero-order chi connectivity index (χ0) is 14.4. The van der Waals surface area contributed by atoms with Gasteiger partial charge in [0.15, 0.2) is 0 Å². The fraction of sp³-hybridized carbons (Fsp3) is 0.353. The molecule has 0 aliphatic heterocycles. The summed E-state index contributed by atoms with van der Waals surface area (Å²) in [5, 5.41) is 5.84. The monoisotopic (exact) mass is 286 g/mol. The molecule has 0 radical (unpaired) electrons. The summed E-state index contributed by atoms with van der Waals surface area (Å²) in [5.41, 5.74) is 7.91. The van der Waals surface area contributed by atoms with Gasteiger partial charge in [-0.3, -0.25) is 0 Å². The summed E-state index contributed by atoms with van der Waals surface area (Å²) in [4.78, 5) is 0.454. The van der Waals surface area contributed by atoms with Crippen LogP contribution in [0.4, 0.5) is 5.69 Å². The van der Waals surface area contributed by atoms with Crippen molar-refractivity contribution in [1.82, 2.24) is 0 Å². The molecule has 0 spiro atoms. The molecule has 3 N–H and O–H groups in total. The van der Waals surface area contributed by atoms with Crippen molar-refractivity contribution >= 4 is 33.7 Å². The number of unbranched alkanes of at least 4 members (excludes halogenated alkanes) is 3. The van der Waals surface area contributed by atoms with Gasteiger partial charge in [-0.2, -0.15) is 0 Å². The van der Waals surface area contributed by atoms with Crippen molar-refractivity contribution in [3.63, 3.8) is 0 Å². The van der Waals surface area contributed by atoms with Crippen LogP contribution in [0.3, 0.4) is 0 Å². The second kappa shape index (κ2) is 7.25. The Labute approximate surface area is 126 Å². The standard InChI is InChI=1S/C17H22N2S/c1-2-3-4-7-12-19-16-11-10-15(17(18)20)13-8-5-6-9-14(13)16/h5-6,8-11,19H,2-4,7,12H2,1H3,(H2,18,20). The topological polar surface area (TPSA) is 38.0 Å². The molecule has 2 aromatic carbocycles. The van der Waals surface area contributed by atoms with Crippen LogP contribution in [0.25, 0.3) is 10.8 Å². The van der Waals surface area contributed by atoms with E-state index in [-0.39, 0.29) is 0 Å². The van der Waals surface area contributed by atoms with Crippen LogP contribution in [0.1, 0.15) is 38.2 Å². The van der Waals surface area contributed by atoms with Gasteiger partial charge in [-0.15, -0.1) is 0 Å². The SMILES string of the molecule is CCCCCCNc1ccc(C(N)=S)c2ccccc12. The summed E-state index contributed by atoms with van der Waals surface area (Å²) in [7, 11) is 0.